The summed E-state index contributed by atoms with van der Waals surface area (Å²) in [4.78, 5) is 12.1. The second kappa shape index (κ2) is 5.76. The van der Waals surface area contributed by atoms with Crippen molar-refractivity contribution in [1.82, 2.24) is 5.16 Å². The summed E-state index contributed by atoms with van der Waals surface area (Å²) in [6, 6.07) is 15.0. The van der Waals surface area contributed by atoms with Crippen molar-refractivity contribution in [2.45, 2.75) is 13.0 Å². The first-order valence-corrected chi connectivity index (χ1v) is 6.68. The highest BCUT2D eigenvalue weighted by atomic mass is 16.5. The summed E-state index contributed by atoms with van der Waals surface area (Å²) in [5.74, 6) is -0.136. The number of amides is 1. The topological polar surface area (TPSA) is 81.1 Å². The zero-order valence-electron chi connectivity index (χ0n) is 11.4. The molecule has 0 saturated heterocycles. The van der Waals surface area contributed by atoms with E-state index in [9.17, 15) is 4.79 Å². The van der Waals surface area contributed by atoms with E-state index in [2.05, 4.69) is 10.5 Å². The molecule has 5 heteroatoms. The first kappa shape index (κ1) is 13.3. The molecule has 21 heavy (non-hydrogen) atoms. The normalized spacial score (nSPS) is 10.7. The van der Waals surface area contributed by atoms with E-state index in [0.29, 0.717) is 17.8 Å². The maximum atomic E-state index is 12.1. The molecule has 0 radical (unpaired) electrons. The molecule has 0 aliphatic carbocycles. The highest BCUT2D eigenvalue weighted by molar-refractivity contribution is 5.94. The van der Waals surface area contributed by atoms with Gasteiger partial charge in [-0.15, -0.1) is 0 Å². The van der Waals surface area contributed by atoms with Crippen molar-refractivity contribution in [3.05, 3.63) is 59.8 Å². The third-order valence-electron chi connectivity index (χ3n) is 3.23. The van der Waals surface area contributed by atoms with Crippen LogP contribution in [0.25, 0.3) is 11.0 Å². The fourth-order valence-corrected chi connectivity index (χ4v) is 2.20. The highest BCUT2D eigenvalue weighted by Crippen LogP contribution is 2.18. The molecule has 0 atom stereocenters. The Morgan fingerprint density at radius 3 is 2.90 bits per heavy atom. The number of hydrogen-bond donors (Lipinski definition) is 2. The van der Waals surface area contributed by atoms with Crippen LogP contribution in [0, 0.1) is 0 Å². The van der Waals surface area contributed by atoms with Crippen molar-refractivity contribution in [2.24, 2.45) is 5.73 Å². The third-order valence-corrected chi connectivity index (χ3v) is 3.23. The van der Waals surface area contributed by atoms with E-state index in [1.807, 2.05) is 48.5 Å². The largest absolute Gasteiger partial charge is 0.356 e. The van der Waals surface area contributed by atoms with Crippen LogP contribution in [-0.2, 0) is 17.8 Å². The average Bonchev–Trinajstić information content (AvgIpc) is 2.91. The van der Waals surface area contributed by atoms with Gasteiger partial charge in [-0.3, -0.25) is 4.79 Å². The lowest BCUT2D eigenvalue weighted by atomic mass is 10.1. The molecule has 0 saturated carbocycles. The molecule has 1 heterocycles. The van der Waals surface area contributed by atoms with Gasteiger partial charge < -0.3 is 15.6 Å². The fraction of sp³-hybridized carbons (Fsp3) is 0.125. The molecule has 1 amide bonds. The van der Waals surface area contributed by atoms with E-state index < -0.39 is 0 Å². The number of hydrogen-bond acceptors (Lipinski definition) is 4. The Labute approximate surface area is 121 Å². The second-order valence-electron chi connectivity index (χ2n) is 4.75. The smallest absolute Gasteiger partial charge is 0.230 e. The number of nitrogens with zero attached hydrogens (tertiary/aromatic N) is 1. The number of nitrogens with two attached hydrogens (primary N) is 1. The highest BCUT2D eigenvalue weighted by Gasteiger charge is 2.12. The lowest BCUT2D eigenvalue weighted by Crippen LogP contribution is -2.15. The minimum Gasteiger partial charge on any atom is -0.356 e. The van der Waals surface area contributed by atoms with Gasteiger partial charge in [-0.1, -0.05) is 29.4 Å². The molecule has 5 nitrogen and oxygen atoms in total. The minimum atomic E-state index is -0.136. The van der Waals surface area contributed by atoms with Crippen LogP contribution in [0.4, 0.5) is 5.69 Å². The Morgan fingerprint density at radius 1 is 1.19 bits per heavy atom. The molecular weight excluding hydrogens is 266 g/mol. The Kier molecular flexibility index (Phi) is 3.66. The van der Waals surface area contributed by atoms with Crippen molar-refractivity contribution in [3.8, 4) is 0 Å². The lowest BCUT2D eigenvalue weighted by Gasteiger charge is -2.05. The number of carbonyl (C=O) groups is 1. The van der Waals surface area contributed by atoms with Crippen molar-refractivity contribution in [1.29, 1.82) is 0 Å². The van der Waals surface area contributed by atoms with E-state index >= 15 is 0 Å². The number of rotatable bonds is 4. The predicted molar refractivity (Wildman–Crippen MR) is 80.7 cm³/mol. The molecule has 1 aromatic heterocycles. The maximum absolute atomic E-state index is 12.1. The predicted octanol–water partition coefficient (Wildman–Crippen LogP) is 2.47. The Bertz CT molecular complexity index is 780. The Morgan fingerprint density at radius 2 is 2.05 bits per heavy atom. The van der Waals surface area contributed by atoms with Crippen LogP contribution in [0.2, 0.25) is 0 Å². The molecule has 0 fully saturated rings. The monoisotopic (exact) mass is 281 g/mol. The van der Waals surface area contributed by atoms with Gasteiger partial charge in [0.25, 0.3) is 0 Å². The number of aromatic nitrogens is 1. The minimum absolute atomic E-state index is 0.136. The van der Waals surface area contributed by atoms with Crippen molar-refractivity contribution in [2.75, 3.05) is 5.32 Å². The summed E-state index contributed by atoms with van der Waals surface area (Å²) in [5.41, 5.74) is 8.61. The van der Waals surface area contributed by atoms with E-state index in [-0.39, 0.29) is 12.3 Å². The first-order chi connectivity index (χ1) is 10.3. The van der Waals surface area contributed by atoms with Crippen LogP contribution < -0.4 is 11.1 Å². The molecule has 3 aromatic rings. The average molecular weight is 281 g/mol. The van der Waals surface area contributed by atoms with Gasteiger partial charge in [0.05, 0.1) is 6.42 Å². The van der Waals surface area contributed by atoms with Crippen molar-refractivity contribution >= 4 is 22.6 Å². The number of fused-ring (bicyclic) bond motifs is 1. The summed E-state index contributed by atoms with van der Waals surface area (Å²) in [6.45, 7) is 0.442. The maximum Gasteiger partial charge on any atom is 0.230 e. The van der Waals surface area contributed by atoms with Gasteiger partial charge in [0.2, 0.25) is 5.91 Å². The summed E-state index contributed by atoms with van der Waals surface area (Å²) >= 11 is 0. The van der Waals surface area contributed by atoms with Gasteiger partial charge in [-0.25, -0.2) is 0 Å². The quantitative estimate of drug-likeness (QED) is 0.769. The molecule has 0 aliphatic heterocycles. The van der Waals surface area contributed by atoms with Gasteiger partial charge in [0.1, 0.15) is 5.69 Å². The zero-order chi connectivity index (χ0) is 14.7. The second-order valence-corrected chi connectivity index (χ2v) is 4.75. The van der Waals surface area contributed by atoms with Gasteiger partial charge in [-0.05, 0) is 29.8 Å². The van der Waals surface area contributed by atoms with Gasteiger partial charge in [0.15, 0.2) is 5.58 Å². The van der Waals surface area contributed by atoms with Crippen molar-refractivity contribution < 1.29 is 9.32 Å². The molecule has 0 unspecified atom stereocenters. The molecule has 3 rings (SSSR count). The number of para-hydroxylation sites is 1. The van der Waals surface area contributed by atoms with Crippen LogP contribution in [0.3, 0.4) is 0 Å². The van der Waals surface area contributed by atoms with Crippen LogP contribution in [-0.4, -0.2) is 11.1 Å². The molecule has 0 aliphatic rings. The third kappa shape index (κ3) is 2.93. The number of carbonyl (C=O) groups excluding carboxylic acids is 1. The van der Waals surface area contributed by atoms with E-state index in [1.54, 1.807) is 0 Å². The number of benzene rings is 2. The number of anilines is 1. The van der Waals surface area contributed by atoms with E-state index in [4.69, 9.17) is 10.3 Å². The molecule has 0 bridgehead atoms. The summed E-state index contributed by atoms with van der Waals surface area (Å²) in [7, 11) is 0. The van der Waals surface area contributed by atoms with E-state index in [1.165, 1.54) is 0 Å². The fourth-order valence-electron chi connectivity index (χ4n) is 2.20. The standard InChI is InChI=1S/C16H15N3O2/c17-10-11-4-3-5-12(8-11)18-16(20)9-14-13-6-1-2-7-15(13)21-19-14/h1-8H,9-10,17H2,(H,18,20). The summed E-state index contributed by atoms with van der Waals surface area (Å²) in [5, 5.41) is 7.66. The molecule has 106 valence electrons. The Hall–Kier alpha value is -2.66. The van der Waals surface area contributed by atoms with Gasteiger partial charge >= 0.3 is 0 Å². The van der Waals surface area contributed by atoms with E-state index in [0.717, 1.165) is 16.6 Å². The molecule has 3 N–H and O–H groups in total. The molecule has 0 spiro atoms. The lowest BCUT2D eigenvalue weighted by molar-refractivity contribution is -0.115. The SMILES string of the molecule is NCc1cccc(NC(=O)Cc2noc3ccccc23)c1. The number of nitrogens with one attached hydrogen (secondary N) is 1. The van der Waals surface area contributed by atoms with Gasteiger partial charge in [-0.2, -0.15) is 0 Å². The van der Waals surface area contributed by atoms with Crippen molar-refractivity contribution in [3.63, 3.8) is 0 Å². The zero-order valence-corrected chi connectivity index (χ0v) is 11.4. The summed E-state index contributed by atoms with van der Waals surface area (Å²) in [6.07, 6.45) is 0.171. The first-order valence-electron chi connectivity index (χ1n) is 6.68. The summed E-state index contributed by atoms with van der Waals surface area (Å²) < 4.78 is 5.19. The molecule has 2 aromatic carbocycles. The van der Waals surface area contributed by atoms with Gasteiger partial charge in [0, 0.05) is 17.6 Å². The molecular formula is C16H15N3O2. The van der Waals surface area contributed by atoms with Crippen LogP contribution in [0.5, 0.6) is 0 Å². The van der Waals surface area contributed by atoms with Crippen LogP contribution in [0.15, 0.2) is 53.1 Å². The van der Waals surface area contributed by atoms with Crippen LogP contribution >= 0.6 is 0 Å². The van der Waals surface area contributed by atoms with Crippen LogP contribution in [0.1, 0.15) is 11.3 Å². The Balaban J connectivity index is 1.74.